The highest BCUT2D eigenvalue weighted by molar-refractivity contribution is 7.22. The van der Waals surface area contributed by atoms with Gasteiger partial charge in [-0.15, -0.1) is 0 Å². The molecule has 36 heavy (non-hydrogen) atoms. The third kappa shape index (κ3) is 3.85. The number of aliphatic hydroxyl groups is 1. The Labute approximate surface area is 213 Å². The van der Waals surface area contributed by atoms with E-state index in [1.807, 2.05) is 64.1 Å². The average molecular weight is 499 g/mol. The summed E-state index contributed by atoms with van der Waals surface area (Å²) >= 11 is 1.36. The number of thiazole rings is 1. The first kappa shape index (κ1) is 23.8. The molecule has 5 rings (SSSR count). The van der Waals surface area contributed by atoms with Crippen molar-refractivity contribution in [2.24, 2.45) is 0 Å². The minimum absolute atomic E-state index is 0.0433. The number of carbonyl (C=O) groups excluding carboxylic acids is 2. The molecule has 0 bridgehead atoms. The van der Waals surface area contributed by atoms with Crippen molar-refractivity contribution in [3.63, 3.8) is 0 Å². The number of carbonyl (C=O) groups is 2. The second kappa shape index (κ2) is 8.91. The van der Waals surface area contributed by atoms with E-state index in [0.717, 1.165) is 38.0 Å². The van der Waals surface area contributed by atoms with Crippen LogP contribution in [0.15, 0.2) is 60.2 Å². The number of rotatable bonds is 4. The van der Waals surface area contributed by atoms with E-state index in [0.29, 0.717) is 16.4 Å². The van der Waals surface area contributed by atoms with Crippen LogP contribution in [0.1, 0.15) is 39.4 Å². The third-order valence-corrected chi connectivity index (χ3v) is 7.69. The van der Waals surface area contributed by atoms with Gasteiger partial charge in [0.25, 0.3) is 5.78 Å². The van der Waals surface area contributed by atoms with Gasteiger partial charge in [-0.1, -0.05) is 41.2 Å². The third-order valence-electron chi connectivity index (χ3n) is 6.67. The smallest absolute Gasteiger partial charge is 0.301 e. The van der Waals surface area contributed by atoms with E-state index in [1.165, 1.54) is 16.2 Å². The van der Waals surface area contributed by atoms with Crippen LogP contribution in [0.5, 0.6) is 5.75 Å². The van der Waals surface area contributed by atoms with Crippen LogP contribution in [0.2, 0.25) is 0 Å². The molecule has 182 valence electrons. The fraction of sp³-hybridized carbons (Fsp3) is 0.207. The molecule has 1 N–H and O–H groups in total. The maximum Gasteiger partial charge on any atom is 0.301 e. The maximum atomic E-state index is 13.5. The molecule has 4 aromatic rings. The zero-order valence-corrected chi connectivity index (χ0v) is 21.6. The van der Waals surface area contributed by atoms with Gasteiger partial charge in [-0.3, -0.25) is 14.5 Å². The average Bonchev–Trinajstić information content (AvgIpc) is 3.36. The lowest BCUT2D eigenvalue weighted by Gasteiger charge is -2.23. The molecule has 1 saturated heterocycles. The van der Waals surface area contributed by atoms with E-state index < -0.39 is 17.7 Å². The van der Waals surface area contributed by atoms with Crippen molar-refractivity contribution in [3.05, 3.63) is 93.6 Å². The summed E-state index contributed by atoms with van der Waals surface area (Å²) in [6.45, 7) is 7.86. The summed E-state index contributed by atoms with van der Waals surface area (Å²) in [7, 11) is 1.58. The number of fused-ring (bicyclic) bond motifs is 1. The van der Waals surface area contributed by atoms with Crippen LogP contribution in [-0.2, 0) is 9.59 Å². The largest absolute Gasteiger partial charge is 0.507 e. The van der Waals surface area contributed by atoms with Crippen molar-refractivity contribution in [1.82, 2.24) is 4.98 Å². The number of nitrogens with zero attached hydrogens (tertiary/aromatic N) is 2. The van der Waals surface area contributed by atoms with E-state index in [2.05, 4.69) is 0 Å². The molecule has 1 unspecified atom stereocenters. The van der Waals surface area contributed by atoms with Crippen LogP contribution in [0.3, 0.4) is 0 Å². The second-order valence-electron chi connectivity index (χ2n) is 9.17. The SMILES string of the molecule is COc1ccc(/C(O)=C2\C(=O)C(=O)N(c3nc4cc(C)c(C)cc4s3)C2c2cccc(C)c2)cc1C. The lowest BCUT2D eigenvalue weighted by atomic mass is 9.94. The van der Waals surface area contributed by atoms with Gasteiger partial charge in [0.15, 0.2) is 5.13 Å². The number of aryl methyl sites for hydroxylation is 4. The number of benzene rings is 3. The Morgan fingerprint density at radius 2 is 1.72 bits per heavy atom. The van der Waals surface area contributed by atoms with Gasteiger partial charge in [-0.05, 0) is 80.3 Å². The molecule has 0 aliphatic carbocycles. The Morgan fingerprint density at radius 3 is 2.42 bits per heavy atom. The van der Waals surface area contributed by atoms with Crippen LogP contribution < -0.4 is 9.64 Å². The van der Waals surface area contributed by atoms with Gasteiger partial charge < -0.3 is 9.84 Å². The summed E-state index contributed by atoms with van der Waals surface area (Å²) in [5, 5.41) is 11.8. The van der Waals surface area contributed by atoms with E-state index in [4.69, 9.17) is 9.72 Å². The number of aliphatic hydroxyl groups excluding tert-OH is 1. The first-order valence-corrected chi connectivity index (χ1v) is 12.4. The minimum Gasteiger partial charge on any atom is -0.507 e. The molecule has 1 aliphatic rings. The molecular formula is C29H26N2O4S. The number of amides is 1. The predicted octanol–water partition coefficient (Wildman–Crippen LogP) is 6.16. The van der Waals surface area contributed by atoms with Crippen LogP contribution in [-0.4, -0.2) is 28.9 Å². The number of ketones is 1. The first-order valence-electron chi connectivity index (χ1n) is 11.6. The maximum absolute atomic E-state index is 13.5. The highest BCUT2D eigenvalue weighted by Crippen LogP contribution is 2.44. The highest BCUT2D eigenvalue weighted by atomic mass is 32.1. The summed E-state index contributed by atoms with van der Waals surface area (Å²) in [6.07, 6.45) is 0. The molecule has 7 heteroatoms. The Balaban J connectivity index is 1.73. The molecule has 0 saturated carbocycles. The standard InChI is InChI=1S/C29H26N2O4S/c1-15-7-6-8-19(11-15)25-24(26(32)20-9-10-22(35-5)18(4)12-20)27(33)28(34)31(25)29-30-21-13-16(2)17(3)14-23(21)36-29/h6-14,25,32H,1-5H3/b26-24+. The van der Waals surface area contributed by atoms with E-state index >= 15 is 0 Å². The number of Topliss-reactive ketones (excluding diaryl/α,β-unsaturated/α-hetero) is 1. The van der Waals surface area contributed by atoms with Gasteiger partial charge in [0, 0.05) is 5.56 Å². The van der Waals surface area contributed by atoms with E-state index in [9.17, 15) is 14.7 Å². The number of ether oxygens (including phenoxy) is 1. The van der Waals surface area contributed by atoms with Crippen molar-refractivity contribution in [1.29, 1.82) is 0 Å². The number of methoxy groups -OCH3 is 1. The van der Waals surface area contributed by atoms with Gasteiger partial charge in [0.05, 0.1) is 28.9 Å². The van der Waals surface area contributed by atoms with E-state index in [-0.39, 0.29) is 11.3 Å². The van der Waals surface area contributed by atoms with Crippen molar-refractivity contribution >= 4 is 44.1 Å². The van der Waals surface area contributed by atoms with Gasteiger partial charge in [-0.25, -0.2) is 4.98 Å². The zero-order chi connectivity index (χ0) is 25.7. The molecule has 1 aliphatic heterocycles. The van der Waals surface area contributed by atoms with Crippen molar-refractivity contribution in [3.8, 4) is 5.75 Å². The normalized spacial score (nSPS) is 17.2. The minimum atomic E-state index is -0.810. The van der Waals surface area contributed by atoms with Gasteiger partial charge in [0.1, 0.15) is 11.5 Å². The summed E-state index contributed by atoms with van der Waals surface area (Å²) in [5.41, 5.74) is 6.01. The van der Waals surface area contributed by atoms with Gasteiger partial charge in [0.2, 0.25) is 0 Å². The summed E-state index contributed by atoms with van der Waals surface area (Å²) in [4.78, 5) is 33.1. The molecule has 3 aromatic carbocycles. The van der Waals surface area contributed by atoms with Crippen LogP contribution in [0.4, 0.5) is 5.13 Å². The summed E-state index contributed by atoms with van der Waals surface area (Å²) in [5.74, 6) is -0.997. The van der Waals surface area contributed by atoms with Crippen LogP contribution in [0.25, 0.3) is 16.0 Å². The summed E-state index contributed by atoms with van der Waals surface area (Å²) < 4.78 is 6.27. The molecular weight excluding hydrogens is 472 g/mol. The molecule has 1 aromatic heterocycles. The number of aromatic nitrogens is 1. The van der Waals surface area contributed by atoms with Gasteiger partial charge >= 0.3 is 5.91 Å². The molecule has 1 fully saturated rings. The quantitative estimate of drug-likeness (QED) is 0.207. The molecule has 0 radical (unpaired) electrons. The number of hydrogen-bond donors (Lipinski definition) is 1. The van der Waals surface area contributed by atoms with Crippen LogP contribution >= 0.6 is 11.3 Å². The number of hydrogen-bond acceptors (Lipinski definition) is 6. The predicted molar refractivity (Wildman–Crippen MR) is 143 cm³/mol. The first-order chi connectivity index (χ1) is 17.2. The Bertz CT molecular complexity index is 1540. The lowest BCUT2D eigenvalue weighted by Crippen LogP contribution is -2.29. The molecule has 0 spiro atoms. The zero-order valence-electron chi connectivity index (χ0n) is 20.7. The molecule has 2 heterocycles. The fourth-order valence-corrected chi connectivity index (χ4v) is 5.71. The molecule has 1 atom stereocenters. The van der Waals surface area contributed by atoms with Crippen molar-refractivity contribution in [2.45, 2.75) is 33.7 Å². The number of anilines is 1. The van der Waals surface area contributed by atoms with Crippen LogP contribution in [0, 0.1) is 27.7 Å². The fourth-order valence-electron chi connectivity index (χ4n) is 4.64. The monoisotopic (exact) mass is 498 g/mol. The lowest BCUT2D eigenvalue weighted by molar-refractivity contribution is -0.132. The topological polar surface area (TPSA) is 79.7 Å². The Hall–Kier alpha value is -3.97. The Kier molecular flexibility index (Phi) is 5.88. The molecule has 6 nitrogen and oxygen atoms in total. The second-order valence-corrected chi connectivity index (χ2v) is 10.2. The van der Waals surface area contributed by atoms with Crippen molar-refractivity contribution in [2.75, 3.05) is 12.0 Å². The van der Waals surface area contributed by atoms with Crippen molar-refractivity contribution < 1.29 is 19.4 Å². The molecule has 1 amide bonds. The van der Waals surface area contributed by atoms with Gasteiger partial charge in [-0.2, -0.15) is 0 Å². The highest BCUT2D eigenvalue weighted by Gasteiger charge is 2.48. The summed E-state index contributed by atoms with van der Waals surface area (Å²) in [6, 6.07) is 16.0. The Morgan fingerprint density at radius 1 is 0.972 bits per heavy atom. The van der Waals surface area contributed by atoms with E-state index in [1.54, 1.807) is 25.3 Å².